The summed E-state index contributed by atoms with van der Waals surface area (Å²) < 4.78 is 5.20. The van der Waals surface area contributed by atoms with Crippen LogP contribution in [0.4, 0.5) is 11.5 Å². The van der Waals surface area contributed by atoms with Gasteiger partial charge in [-0.15, -0.1) is 0 Å². The average Bonchev–Trinajstić information content (AvgIpc) is 2.42. The number of ether oxygens (including phenoxy) is 1. The first kappa shape index (κ1) is 13.4. The van der Waals surface area contributed by atoms with Crippen molar-refractivity contribution in [2.75, 3.05) is 24.8 Å². The van der Waals surface area contributed by atoms with Crippen molar-refractivity contribution in [2.24, 2.45) is 0 Å². The Bertz CT molecular complexity index is 576. The number of methoxy groups -OCH3 is 1. The summed E-state index contributed by atoms with van der Waals surface area (Å²) in [5.41, 5.74) is 7.35. The van der Waals surface area contributed by atoms with E-state index in [9.17, 15) is 0 Å². The van der Waals surface area contributed by atoms with Crippen molar-refractivity contribution in [2.45, 2.75) is 6.54 Å². The average molecular weight is 279 g/mol. The highest BCUT2D eigenvalue weighted by molar-refractivity contribution is 6.32. The summed E-state index contributed by atoms with van der Waals surface area (Å²) in [6, 6.07) is 7.82. The van der Waals surface area contributed by atoms with Gasteiger partial charge in [0.05, 0.1) is 7.11 Å². The molecule has 0 saturated carbocycles. The summed E-state index contributed by atoms with van der Waals surface area (Å²) in [5.74, 6) is 1.43. The Morgan fingerprint density at radius 1 is 1.37 bits per heavy atom. The van der Waals surface area contributed by atoms with Crippen molar-refractivity contribution < 1.29 is 4.74 Å². The van der Waals surface area contributed by atoms with Crippen molar-refractivity contribution in [3.63, 3.8) is 0 Å². The number of nitrogens with two attached hydrogens (primary N) is 1. The van der Waals surface area contributed by atoms with Gasteiger partial charge in [-0.05, 0) is 17.7 Å². The zero-order valence-electron chi connectivity index (χ0n) is 10.8. The maximum absolute atomic E-state index is 5.89. The fourth-order valence-electron chi connectivity index (χ4n) is 1.79. The molecule has 0 amide bonds. The van der Waals surface area contributed by atoms with Crippen molar-refractivity contribution in [1.29, 1.82) is 0 Å². The molecule has 6 heteroatoms. The van der Waals surface area contributed by atoms with Gasteiger partial charge in [-0.3, -0.25) is 0 Å². The number of hydrogen-bond acceptors (Lipinski definition) is 5. The molecule has 0 atom stereocenters. The third-order valence-corrected chi connectivity index (χ3v) is 3.03. The van der Waals surface area contributed by atoms with E-state index in [-0.39, 0.29) is 5.15 Å². The highest BCUT2D eigenvalue weighted by Gasteiger charge is 2.11. The Balaban J connectivity index is 2.20. The molecule has 0 fully saturated rings. The minimum Gasteiger partial charge on any atom is -0.497 e. The van der Waals surface area contributed by atoms with Crippen molar-refractivity contribution >= 4 is 23.1 Å². The van der Waals surface area contributed by atoms with Crippen LogP contribution in [0.25, 0.3) is 0 Å². The van der Waals surface area contributed by atoms with Crippen LogP contribution < -0.4 is 15.4 Å². The Hall–Kier alpha value is -2.01. The fourth-order valence-corrected chi connectivity index (χ4v) is 1.92. The molecule has 2 rings (SSSR count). The molecule has 2 N–H and O–H groups in total. The van der Waals surface area contributed by atoms with E-state index in [1.165, 1.54) is 6.33 Å². The molecule has 0 radical (unpaired) electrons. The summed E-state index contributed by atoms with van der Waals surface area (Å²) in [5, 5.41) is 0.266. The smallest absolute Gasteiger partial charge is 0.157 e. The molecule has 5 nitrogen and oxygen atoms in total. The number of halogens is 1. The number of rotatable bonds is 4. The molecule has 0 unspecified atom stereocenters. The van der Waals surface area contributed by atoms with Crippen LogP contribution >= 0.6 is 11.6 Å². The predicted molar refractivity (Wildman–Crippen MR) is 76.6 cm³/mol. The van der Waals surface area contributed by atoms with Crippen LogP contribution in [-0.4, -0.2) is 24.1 Å². The number of nitrogen functional groups attached to an aromatic ring is 1. The summed E-state index contributed by atoms with van der Waals surface area (Å²) >= 11 is 5.89. The zero-order valence-corrected chi connectivity index (χ0v) is 11.6. The van der Waals surface area contributed by atoms with Crippen molar-refractivity contribution in [3.05, 3.63) is 41.3 Å². The first-order valence-electron chi connectivity index (χ1n) is 5.72. The molecule has 0 spiro atoms. The number of benzene rings is 1. The first-order valence-corrected chi connectivity index (χ1v) is 6.09. The minimum atomic E-state index is 0.266. The fraction of sp³-hybridized carbons (Fsp3) is 0.231. The molecule has 1 aromatic carbocycles. The molecule has 0 aliphatic heterocycles. The lowest BCUT2D eigenvalue weighted by Crippen LogP contribution is -2.19. The second-order valence-electron chi connectivity index (χ2n) is 4.11. The lowest BCUT2D eigenvalue weighted by atomic mass is 10.2. The Labute approximate surface area is 117 Å². The van der Waals surface area contributed by atoms with Crippen LogP contribution in [-0.2, 0) is 6.54 Å². The summed E-state index contributed by atoms with van der Waals surface area (Å²) in [7, 11) is 3.54. The van der Waals surface area contributed by atoms with Gasteiger partial charge in [-0.25, -0.2) is 9.97 Å². The molecule has 0 aliphatic rings. The van der Waals surface area contributed by atoms with Crippen LogP contribution in [0, 0.1) is 0 Å². The molecular weight excluding hydrogens is 264 g/mol. The maximum Gasteiger partial charge on any atom is 0.157 e. The van der Waals surface area contributed by atoms with Gasteiger partial charge in [-0.1, -0.05) is 23.7 Å². The maximum atomic E-state index is 5.89. The van der Waals surface area contributed by atoms with Gasteiger partial charge >= 0.3 is 0 Å². The van der Waals surface area contributed by atoms with E-state index >= 15 is 0 Å². The van der Waals surface area contributed by atoms with Gasteiger partial charge in [-0.2, -0.15) is 0 Å². The SMILES string of the molecule is COc1cccc(CN(C)c2ncnc(Cl)c2N)c1. The Morgan fingerprint density at radius 2 is 2.16 bits per heavy atom. The number of hydrogen-bond donors (Lipinski definition) is 1. The van der Waals surface area contributed by atoms with E-state index in [4.69, 9.17) is 22.1 Å². The Morgan fingerprint density at radius 3 is 2.89 bits per heavy atom. The lowest BCUT2D eigenvalue weighted by Gasteiger charge is -2.20. The highest BCUT2D eigenvalue weighted by Crippen LogP contribution is 2.26. The van der Waals surface area contributed by atoms with E-state index in [2.05, 4.69) is 9.97 Å². The van der Waals surface area contributed by atoms with Crippen LogP contribution in [0.2, 0.25) is 5.15 Å². The van der Waals surface area contributed by atoms with Crippen LogP contribution in [0.15, 0.2) is 30.6 Å². The van der Waals surface area contributed by atoms with Gasteiger partial charge in [0.15, 0.2) is 11.0 Å². The highest BCUT2D eigenvalue weighted by atomic mass is 35.5. The summed E-state index contributed by atoms with van der Waals surface area (Å²) in [6.07, 6.45) is 1.40. The quantitative estimate of drug-likeness (QED) is 0.870. The van der Waals surface area contributed by atoms with Gasteiger partial charge in [0.1, 0.15) is 17.8 Å². The van der Waals surface area contributed by atoms with Crippen LogP contribution in [0.1, 0.15) is 5.56 Å². The van der Waals surface area contributed by atoms with Crippen molar-refractivity contribution in [3.8, 4) is 5.75 Å². The van der Waals surface area contributed by atoms with Crippen molar-refractivity contribution in [1.82, 2.24) is 9.97 Å². The minimum absolute atomic E-state index is 0.266. The van der Waals surface area contributed by atoms with Gasteiger partial charge in [0, 0.05) is 13.6 Å². The zero-order chi connectivity index (χ0) is 13.8. The molecule has 19 heavy (non-hydrogen) atoms. The predicted octanol–water partition coefficient (Wildman–Crippen LogP) is 2.36. The monoisotopic (exact) mass is 278 g/mol. The number of nitrogens with zero attached hydrogens (tertiary/aromatic N) is 3. The van der Waals surface area contributed by atoms with Gasteiger partial charge in [0.25, 0.3) is 0 Å². The number of anilines is 2. The molecule has 0 aliphatic carbocycles. The van der Waals surface area contributed by atoms with Gasteiger partial charge < -0.3 is 15.4 Å². The van der Waals surface area contributed by atoms with E-state index < -0.39 is 0 Å². The third-order valence-electron chi connectivity index (χ3n) is 2.73. The second kappa shape index (κ2) is 5.75. The number of aromatic nitrogens is 2. The van der Waals surface area contributed by atoms with E-state index in [0.29, 0.717) is 18.1 Å². The Kier molecular flexibility index (Phi) is 4.06. The topological polar surface area (TPSA) is 64.3 Å². The lowest BCUT2D eigenvalue weighted by molar-refractivity contribution is 0.414. The molecule has 1 heterocycles. The summed E-state index contributed by atoms with van der Waals surface area (Å²) in [6.45, 7) is 0.648. The van der Waals surface area contributed by atoms with Crippen LogP contribution in [0.3, 0.4) is 0 Å². The largest absolute Gasteiger partial charge is 0.497 e. The van der Waals surface area contributed by atoms with E-state index in [0.717, 1.165) is 11.3 Å². The molecule has 2 aromatic rings. The molecule has 100 valence electrons. The molecule has 0 saturated heterocycles. The van der Waals surface area contributed by atoms with E-state index in [1.807, 2.05) is 36.2 Å². The standard InChI is InChI=1S/C13H15ClN4O/c1-18(13-11(15)12(14)16-8-17-13)7-9-4-3-5-10(6-9)19-2/h3-6,8H,7,15H2,1-2H3. The summed E-state index contributed by atoms with van der Waals surface area (Å²) in [4.78, 5) is 9.91. The van der Waals surface area contributed by atoms with E-state index in [1.54, 1.807) is 7.11 Å². The first-order chi connectivity index (χ1) is 9.11. The molecule has 1 aromatic heterocycles. The second-order valence-corrected chi connectivity index (χ2v) is 4.47. The normalized spacial score (nSPS) is 10.3. The van der Waals surface area contributed by atoms with Crippen LogP contribution in [0.5, 0.6) is 5.75 Å². The molecule has 0 bridgehead atoms. The van der Waals surface area contributed by atoms with Gasteiger partial charge in [0.2, 0.25) is 0 Å². The molecular formula is C13H15ClN4O. The third kappa shape index (κ3) is 3.06.